The molecule has 3 heterocycles. The topological polar surface area (TPSA) is 123 Å². The highest BCUT2D eigenvalue weighted by Gasteiger charge is 2.27. The highest BCUT2D eigenvalue weighted by molar-refractivity contribution is 5.75. The fraction of sp³-hybridized carbons (Fsp3) is 0.476. The quantitative estimate of drug-likeness (QED) is 0.434. The van der Waals surface area contributed by atoms with Crippen molar-refractivity contribution in [3.8, 4) is 11.4 Å². The molecule has 2 aromatic heterocycles. The number of nitrogens with one attached hydrogen (secondary N) is 1. The summed E-state index contributed by atoms with van der Waals surface area (Å²) in [5.74, 6) is 1.26. The second-order valence-corrected chi connectivity index (χ2v) is 7.80. The van der Waals surface area contributed by atoms with Crippen molar-refractivity contribution in [1.29, 1.82) is 5.41 Å². The minimum Gasteiger partial charge on any atom is -0.370 e. The Balaban J connectivity index is 1.37. The van der Waals surface area contributed by atoms with Crippen LogP contribution in [0.1, 0.15) is 49.8 Å². The molecule has 158 valence electrons. The van der Waals surface area contributed by atoms with Gasteiger partial charge in [0.1, 0.15) is 0 Å². The Morgan fingerprint density at radius 2 is 2.13 bits per heavy atom. The molecule has 0 bridgehead atoms. The smallest absolute Gasteiger partial charge is 0.229 e. The van der Waals surface area contributed by atoms with Gasteiger partial charge in [-0.05, 0) is 31.2 Å². The van der Waals surface area contributed by atoms with Crippen LogP contribution in [-0.4, -0.2) is 48.6 Å². The van der Waals surface area contributed by atoms with E-state index < -0.39 is 0 Å². The van der Waals surface area contributed by atoms with E-state index in [4.69, 9.17) is 15.7 Å². The van der Waals surface area contributed by atoms with Gasteiger partial charge >= 0.3 is 0 Å². The van der Waals surface area contributed by atoms with Crippen LogP contribution in [0.2, 0.25) is 0 Å². The zero-order chi connectivity index (χ0) is 20.9. The first-order valence-corrected chi connectivity index (χ1v) is 10.5. The van der Waals surface area contributed by atoms with E-state index in [1.807, 2.05) is 40.0 Å². The van der Waals surface area contributed by atoms with Crippen molar-refractivity contribution in [1.82, 2.24) is 30.0 Å². The molecular formula is C21H28N8O. The lowest BCUT2D eigenvalue weighted by atomic mass is 10.1. The van der Waals surface area contributed by atoms with E-state index >= 15 is 0 Å². The predicted octanol–water partition coefficient (Wildman–Crippen LogP) is 2.62. The van der Waals surface area contributed by atoms with Crippen molar-refractivity contribution in [2.45, 2.75) is 58.0 Å². The maximum Gasteiger partial charge on any atom is 0.229 e. The van der Waals surface area contributed by atoms with Crippen molar-refractivity contribution in [3.63, 3.8) is 0 Å². The molecule has 0 radical (unpaired) electrons. The number of nitrogens with two attached hydrogens (primary N) is 1. The van der Waals surface area contributed by atoms with Crippen molar-refractivity contribution in [2.75, 3.05) is 6.54 Å². The summed E-state index contributed by atoms with van der Waals surface area (Å²) in [7, 11) is 0. The summed E-state index contributed by atoms with van der Waals surface area (Å²) in [4.78, 5) is 6.44. The fourth-order valence-electron chi connectivity index (χ4n) is 3.86. The zero-order valence-electron chi connectivity index (χ0n) is 17.3. The lowest BCUT2D eigenvalue weighted by Gasteiger charge is -2.23. The summed E-state index contributed by atoms with van der Waals surface area (Å²) in [5.41, 5.74) is 8.75. The minimum atomic E-state index is 0.109. The number of nitrogens with zero attached hydrogens (tertiary/aromatic N) is 6. The van der Waals surface area contributed by atoms with Crippen LogP contribution >= 0.6 is 0 Å². The normalized spacial score (nSPS) is 16.3. The van der Waals surface area contributed by atoms with E-state index in [1.54, 1.807) is 0 Å². The van der Waals surface area contributed by atoms with Gasteiger partial charge in [0.15, 0.2) is 5.96 Å². The predicted molar refractivity (Wildman–Crippen MR) is 113 cm³/mol. The van der Waals surface area contributed by atoms with Gasteiger partial charge in [0.2, 0.25) is 11.7 Å². The molecule has 1 fully saturated rings. The number of hydrogen-bond donors (Lipinski definition) is 2. The van der Waals surface area contributed by atoms with E-state index in [-0.39, 0.29) is 12.0 Å². The van der Waals surface area contributed by atoms with E-state index in [1.165, 1.54) is 0 Å². The molecule has 9 heteroatoms. The summed E-state index contributed by atoms with van der Waals surface area (Å²) in [5, 5.41) is 20.3. The van der Waals surface area contributed by atoms with E-state index in [2.05, 4.69) is 27.4 Å². The van der Waals surface area contributed by atoms with Gasteiger partial charge in [0.25, 0.3) is 0 Å². The monoisotopic (exact) mass is 408 g/mol. The summed E-state index contributed by atoms with van der Waals surface area (Å²) in [6.45, 7) is 3.67. The average molecular weight is 409 g/mol. The molecule has 1 saturated heterocycles. The molecule has 1 aromatic carbocycles. The molecule has 3 aromatic rings. The van der Waals surface area contributed by atoms with E-state index in [9.17, 15) is 0 Å². The highest BCUT2D eigenvalue weighted by Crippen LogP contribution is 2.22. The first-order valence-electron chi connectivity index (χ1n) is 10.5. The first-order chi connectivity index (χ1) is 14.6. The van der Waals surface area contributed by atoms with Gasteiger partial charge in [0.05, 0.1) is 12.2 Å². The maximum atomic E-state index is 7.69. The Morgan fingerprint density at radius 1 is 1.30 bits per heavy atom. The van der Waals surface area contributed by atoms with Gasteiger partial charge in [-0.3, -0.25) is 5.41 Å². The largest absolute Gasteiger partial charge is 0.370 e. The summed E-state index contributed by atoms with van der Waals surface area (Å²) >= 11 is 0. The van der Waals surface area contributed by atoms with Gasteiger partial charge in [-0.25, -0.2) is 4.68 Å². The van der Waals surface area contributed by atoms with Crippen LogP contribution in [0.15, 0.2) is 35.0 Å². The van der Waals surface area contributed by atoms with Crippen LogP contribution in [0, 0.1) is 5.41 Å². The van der Waals surface area contributed by atoms with Gasteiger partial charge in [-0.2, -0.15) is 4.98 Å². The highest BCUT2D eigenvalue weighted by atomic mass is 16.5. The van der Waals surface area contributed by atoms with Crippen LogP contribution in [0.25, 0.3) is 11.4 Å². The van der Waals surface area contributed by atoms with Crippen molar-refractivity contribution < 1.29 is 4.52 Å². The molecule has 1 aliphatic rings. The molecule has 1 atom stereocenters. The lowest BCUT2D eigenvalue weighted by molar-refractivity contribution is 0.320. The Labute approximate surface area is 175 Å². The number of guanidine groups is 1. The Kier molecular flexibility index (Phi) is 6.06. The Bertz CT molecular complexity index is 977. The van der Waals surface area contributed by atoms with Gasteiger partial charge in [-0.1, -0.05) is 48.0 Å². The second-order valence-electron chi connectivity index (χ2n) is 7.80. The SMILES string of the molecule is CCCCc1cn(Cc2ccc(-c3noc(C[C@@H]4CCCN4C(=N)N)n3)cc2)nn1. The average Bonchev–Trinajstić information content (AvgIpc) is 3.49. The van der Waals surface area contributed by atoms with Gasteiger partial charge < -0.3 is 15.2 Å². The molecule has 0 saturated carbocycles. The standard InChI is InChI=1S/C21H28N8O/c1-2-3-5-17-14-28(27-25-17)13-15-7-9-16(10-8-15)20-24-19(30-26-20)12-18-6-4-11-29(18)21(22)23/h7-10,14,18H,2-6,11-13H2,1H3,(H3,22,23)/t18-/m0/s1. The Hall–Kier alpha value is -3.23. The van der Waals surface area contributed by atoms with Gasteiger partial charge in [0, 0.05) is 30.8 Å². The maximum absolute atomic E-state index is 7.69. The van der Waals surface area contributed by atoms with Gasteiger partial charge in [-0.15, -0.1) is 5.10 Å². The van der Waals surface area contributed by atoms with Crippen LogP contribution < -0.4 is 5.73 Å². The molecule has 4 rings (SSSR count). The van der Waals surface area contributed by atoms with Crippen LogP contribution in [-0.2, 0) is 19.4 Å². The molecule has 1 aliphatic heterocycles. The van der Waals surface area contributed by atoms with Crippen molar-refractivity contribution in [2.24, 2.45) is 5.73 Å². The van der Waals surface area contributed by atoms with Crippen molar-refractivity contribution >= 4 is 5.96 Å². The number of aromatic nitrogens is 5. The summed E-state index contributed by atoms with van der Waals surface area (Å²) in [6, 6.07) is 8.25. The van der Waals surface area contributed by atoms with Crippen LogP contribution in [0.5, 0.6) is 0 Å². The third-order valence-electron chi connectivity index (χ3n) is 5.49. The fourth-order valence-corrected chi connectivity index (χ4v) is 3.86. The third kappa shape index (κ3) is 4.67. The number of hydrogen-bond acceptors (Lipinski definition) is 6. The number of likely N-dealkylation sites (tertiary alicyclic amines) is 1. The molecule has 0 amide bonds. The molecule has 9 nitrogen and oxygen atoms in total. The third-order valence-corrected chi connectivity index (χ3v) is 5.49. The molecule has 0 unspecified atom stereocenters. The summed E-state index contributed by atoms with van der Waals surface area (Å²) < 4.78 is 7.32. The molecule has 0 aliphatic carbocycles. The van der Waals surface area contributed by atoms with Crippen LogP contribution in [0.4, 0.5) is 0 Å². The minimum absolute atomic E-state index is 0.109. The first kappa shape index (κ1) is 20.1. The Morgan fingerprint density at radius 3 is 2.90 bits per heavy atom. The molecular weight excluding hydrogens is 380 g/mol. The lowest BCUT2D eigenvalue weighted by Crippen LogP contribution is -2.41. The second kappa shape index (κ2) is 9.06. The number of unbranched alkanes of at least 4 members (excludes halogenated alkanes) is 1. The van der Waals surface area contributed by atoms with E-state index in [0.717, 1.165) is 55.5 Å². The summed E-state index contributed by atoms with van der Waals surface area (Å²) in [6.07, 6.45) is 7.89. The molecule has 0 spiro atoms. The van der Waals surface area contributed by atoms with E-state index in [0.29, 0.717) is 24.7 Å². The number of aryl methyl sites for hydroxylation is 1. The van der Waals surface area contributed by atoms with Crippen LogP contribution in [0.3, 0.4) is 0 Å². The van der Waals surface area contributed by atoms with Crippen molar-refractivity contribution in [3.05, 3.63) is 47.6 Å². The number of benzene rings is 1. The zero-order valence-corrected chi connectivity index (χ0v) is 17.3. The number of rotatable bonds is 8. The molecule has 3 N–H and O–H groups in total. The molecule has 30 heavy (non-hydrogen) atoms.